The van der Waals surface area contributed by atoms with Crippen LogP contribution in [-0.4, -0.2) is 102 Å². The maximum absolute atomic E-state index is 15.1. The number of hydrogen-bond acceptors (Lipinski definition) is 9. The molecule has 0 unspecified atom stereocenters. The molecule has 250 valence electrons. The summed E-state index contributed by atoms with van der Waals surface area (Å²) in [6.45, 7) is 8.42. The molecule has 0 bridgehead atoms. The summed E-state index contributed by atoms with van der Waals surface area (Å²) >= 11 is 1.92. The van der Waals surface area contributed by atoms with E-state index in [2.05, 4.69) is 9.73 Å². The number of amides is 3. The number of halogens is 1. The van der Waals surface area contributed by atoms with E-state index >= 15 is 4.39 Å². The van der Waals surface area contributed by atoms with Crippen LogP contribution in [0.5, 0.6) is 0 Å². The first-order chi connectivity index (χ1) is 21.7. The zero-order valence-electron chi connectivity index (χ0n) is 26.8. The van der Waals surface area contributed by atoms with Crippen molar-refractivity contribution in [1.29, 1.82) is 0 Å². The van der Waals surface area contributed by atoms with E-state index in [9.17, 15) is 24.0 Å². The van der Waals surface area contributed by atoms with Crippen molar-refractivity contribution >= 4 is 47.9 Å². The van der Waals surface area contributed by atoms with Gasteiger partial charge in [0.25, 0.3) is 5.91 Å². The number of nitrogens with zero attached hydrogens (tertiary/aromatic N) is 4. The number of piperidine rings is 3. The lowest BCUT2D eigenvalue weighted by Crippen LogP contribution is -2.46. The van der Waals surface area contributed by atoms with Crippen LogP contribution in [0.3, 0.4) is 0 Å². The van der Waals surface area contributed by atoms with Crippen LogP contribution < -0.4 is 16.1 Å². The normalized spacial score (nSPS) is 18.5. The summed E-state index contributed by atoms with van der Waals surface area (Å²) < 4.78 is 17.5. The number of unbranched alkanes of at least 4 members (excludes halogenated alkanes) is 1. The molecule has 1 aromatic rings. The number of rotatable bonds is 10. The minimum atomic E-state index is -0.664. The Morgan fingerprint density at radius 1 is 1.00 bits per heavy atom. The SMILES string of the molecule is CC.CN(NC(=O)CCCC=O)C(=O)c1cc(N2CCC(C(=O)N3CCC(SN4CCC(N)CC4)CC3)CC2)c(F)cc1C=O. The lowest BCUT2D eigenvalue weighted by atomic mass is 9.93. The van der Waals surface area contributed by atoms with E-state index < -0.39 is 17.6 Å². The Kier molecular flexibility index (Phi) is 14.7. The fourth-order valence-electron chi connectivity index (χ4n) is 5.92. The number of nitrogens with one attached hydrogen (secondary N) is 1. The molecule has 11 nitrogen and oxygen atoms in total. The number of aldehydes is 2. The van der Waals surface area contributed by atoms with Gasteiger partial charge in [0.1, 0.15) is 12.1 Å². The van der Waals surface area contributed by atoms with E-state index in [1.54, 1.807) is 4.90 Å². The second-order valence-electron chi connectivity index (χ2n) is 11.6. The highest BCUT2D eigenvalue weighted by molar-refractivity contribution is 7.97. The molecule has 3 aliphatic rings. The van der Waals surface area contributed by atoms with Crippen LogP contribution in [0.1, 0.15) is 92.4 Å². The van der Waals surface area contributed by atoms with Crippen molar-refractivity contribution < 1.29 is 28.4 Å². The first kappa shape index (κ1) is 36.4. The van der Waals surface area contributed by atoms with Crippen molar-refractivity contribution in [3.63, 3.8) is 0 Å². The predicted octanol–water partition coefficient (Wildman–Crippen LogP) is 3.42. The summed E-state index contributed by atoms with van der Waals surface area (Å²) in [5, 5.41) is 1.48. The van der Waals surface area contributed by atoms with Crippen LogP contribution in [0.4, 0.5) is 10.1 Å². The Labute approximate surface area is 270 Å². The number of hydrogen-bond donors (Lipinski definition) is 2. The van der Waals surface area contributed by atoms with Crippen LogP contribution in [0.25, 0.3) is 0 Å². The van der Waals surface area contributed by atoms with Gasteiger partial charge in [0, 0.05) is 81.9 Å². The summed E-state index contributed by atoms with van der Waals surface area (Å²) in [5.74, 6) is -1.72. The monoisotopic (exact) mass is 648 g/mol. The molecule has 3 aliphatic heterocycles. The Bertz CT molecular complexity index is 1160. The summed E-state index contributed by atoms with van der Waals surface area (Å²) in [6.07, 6.45) is 6.90. The molecule has 0 saturated carbocycles. The number of carbonyl (C=O) groups excluding carboxylic acids is 5. The summed E-state index contributed by atoms with van der Waals surface area (Å²) in [4.78, 5) is 64.4. The highest BCUT2D eigenvalue weighted by Crippen LogP contribution is 2.32. The number of anilines is 1. The molecule has 1 aromatic carbocycles. The molecule has 45 heavy (non-hydrogen) atoms. The molecule has 0 radical (unpaired) electrons. The summed E-state index contributed by atoms with van der Waals surface area (Å²) in [6, 6.07) is 2.69. The molecule has 3 heterocycles. The maximum atomic E-state index is 15.1. The van der Waals surface area contributed by atoms with E-state index in [1.165, 1.54) is 13.1 Å². The Morgan fingerprint density at radius 3 is 2.24 bits per heavy atom. The molecule has 4 rings (SSSR count). The first-order valence-electron chi connectivity index (χ1n) is 16.2. The van der Waals surface area contributed by atoms with Gasteiger partial charge < -0.3 is 20.3 Å². The van der Waals surface area contributed by atoms with Gasteiger partial charge in [-0.3, -0.25) is 33.9 Å². The molecular weight excluding hydrogens is 599 g/mol. The van der Waals surface area contributed by atoms with Crippen LogP contribution in [0.15, 0.2) is 12.1 Å². The molecule has 0 spiro atoms. The molecule has 0 aromatic heterocycles. The zero-order chi connectivity index (χ0) is 32.9. The third-order valence-corrected chi connectivity index (χ3v) is 9.97. The molecule has 3 fully saturated rings. The van der Waals surface area contributed by atoms with Crippen LogP contribution in [0, 0.1) is 11.7 Å². The van der Waals surface area contributed by atoms with Gasteiger partial charge in [-0.1, -0.05) is 25.8 Å². The van der Waals surface area contributed by atoms with Gasteiger partial charge in [-0.15, -0.1) is 0 Å². The van der Waals surface area contributed by atoms with E-state index in [0.29, 0.717) is 56.2 Å². The van der Waals surface area contributed by atoms with Gasteiger partial charge in [-0.2, -0.15) is 0 Å². The Balaban J connectivity index is 0.00000271. The highest BCUT2D eigenvalue weighted by Gasteiger charge is 2.33. The van der Waals surface area contributed by atoms with Gasteiger partial charge in [-0.05, 0) is 57.1 Å². The van der Waals surface area contributed by atoms with Crippen molar-refractivity contribution in [3.05, 3.63) is 29.1 Å². The van der Waals surface area contributed by atoms with Gasteiger partial charge in [0.05, 0.1) is 11.3 Å². The minimum absolute atomic E-state index is 0.0339. The number of hydrazine groups is 1. The van der Waals surface area contributed by atoms with E-state index in [4.69, 9.17) is 5.73 Å². The fraction of sp³-hybridized carbons (Fsp3) is 0.656. The summed E-state index contributed by atoms with van der Waals surface area (Å²) in [7, 11) is 1.35. The number of nitrogens with two attached hydrogens (primary N) is 1. The highest BCUT2D eigenvalue weighted by atomic mass is 32.2. The van der Waals surface area contributed by atoms with E-state index in [1.807, 2.05) is 30.7 Å². The average molecular weight is 649 g/mol. The third-order valence-electron chi connectivity index (χ3n) is 8.53. The molecule has 3 amide bonds. The standard InChI is InChI=1S/C30H43FN6O5S.C2H6/c1-34(33-28(40)4-2-3-17-38)30(42)25-19-27(26(31)18-22(25)20-39)35-11-5-21(6-12-35)29(41)36-13-9-24(10-14-36)43-37-15-7-23(32)8-16-37;1-2/h17-21,23-24H,2-16,32H2,1H3,(H,33,40);1-2H3. The predicted molar refractivity (Wildman–Crippen MR) is 174 cm³/mol. The number of benzene rings is 1. The van der Waals surface area contributed by atoms with Crippen LogP contribution in [-0.2, 0) is 14.4 Å². The van der Waals surface area contributed by atoms with Crippen molar-refractivity contribution in [3.8, 4) is 0 Å². The fourth-order valence-corrected chi connectivity index (χ4v) is 7.19. The minimum Gasteiger partial charge on any atom is -0.369 e. The first-order valence-corrected chi connectivity index (χ1v) is 17.0. The largest absolute Gasteiger partial charge is 0.369 e. The third kappa shape index (κ3) is 10.2. The maximum Gasteiger partial charge on any atom is 0.272 e. The van der Waals surface area contributed by atoms with E-state index in [-0.39, 0.29) is 41.5 Å². The number of likely N-dealkylation sites (tertiary alicyclic amines) is 1. The smallest absolute Gasteiger partial charge is 0.272 e. The number of carbonyl (C=O) groups is 5. The topological polar surface area (TPSA) is 136 Å². The van der Waals surface area contributed by atoms with E-state index in [0.717, 1.165) is 62.9 Å². The Hall–Kier alpha value is -3.03. The lowest BCUT2D eigenvalue weighted by molar-refractivity contribution is -0.137. The van der Waals surface area contributed by atoms with Crippen molar-refractivity contribution in [2.45, 2.75) is 82.9 Å². The lowest BCUT2D eigenvalue weighted by Gasteiger charge is -2.39. The Morgan fingerprint density at radius 2 is 1.64 bits per heavy atom. The average Bonchev–Trinajstić information content (AvgIpc) is 3.06. The van der Waals surface area contributed by atoms with Gasteiger partial charge in [0.2, 0.25) is 11.8 Å². The van der Waals surface area contributed by atoms with Crippen LogP contribution in [0.2, 0.25) is 0 Å². The second kappa shape index (κ2) is 18.2. The van der Waals surface area contributed by atoms with Gasteiger partial charge >= 0.3 is 0 Å². The second-order valence-corrected chi connectivity index (χ2v) is 13.0. The molecular formula is C32H49FN6O5S. The van der Waals surface area contributed by atoms with Crippen molar-refractivity contribution in [1.82, 2.24) is 19.6 Å². The van der Waals surface area contributed by atoms with Gasteiger partial charge in [0.15, 0.2) is 6.29 Å². The molecule has 0 aliphatic carbocycles. The van der Waals surface area contributed by atoms with Gasteiger partial charge in [-0.25, -0.2) is 4.39 Å². The van der Waals surface area contributed by atoms with Crippen molar-refractivity contribution in [2.75, 3.05) is 51.2 Å². The van der Waals surface area contributed by atoms with Crippen molar-refractivity contribution in [2.24, 2.45) is 11.7 Å². The molecule has 3 N–H and O–H groups in total. The molecule has 3 saturated heterocycles. The molecule has 0 atom stereocenters. The quantitative estimate of drug-likeness (QED) is 0.169. The molecule has 13 heteroatoms. The van der Waals surface area contributed by atoms with Crippen LogP contribution >= 0.6 is 11.9 Å². The summed E-state index contributed by atoms with van der Waals surface area (Å²) in [5.41, 5.74) is 8.48. The zero-order valence-corrected chi connectivity index (χ0v) is 27.7.